The Kier molecular flexibility index (Phi) is 3.64. The summed E-state index contributed by atoms with van der Waals surface area (Å²) < 4.78 is 6.41. The molecule has 1 saturated heterocycles. The molecular formula is C21H26N2O3. The lowest BCUT2D eigenvalue weighted by Crippen LogP contribution is -2.45. The van der Waals surface area contributed by atoms with Crippen molar-refractivity contribution in [2.75, 3.05) is 33.2 Å². The molecule has 138 valence electrons. The fourth-order valence-electron chi connectivity index (χ4n) is 5.58. The molecule has 1 amide bonds. The molecule has 0 radical (unpaired) electrons. The van der Waals surface area contributed by atoms with Crippen molar-refractivity contribution in [2.45, 2.75) is 31.3 Å². The number of likely N-dealkylation sites (N-methyl/N-ethyl adjacent to an activating group) is 1. The molecule has 4 aliphatic rings. The van der Waals surface area contributed by atoms with Crippen molar-refractivity contribution in [1.82, 2.24) is 9.80 Å². The fraction of sp³-hybridized carbons (Fsp3) is 0.619. The van der Waals surface area contributed by atoms with Crippen LogP contribution < -0.4 is 4.74 Å². The van der Waals surface area contributed by atoms with Gasteiger partial charge in [0.2, 0.25) is 5.91 Å². The Hall–Kier alpha value is -1.88. The van der Waals surface area contributed by atoms with E-state index >= 15 is 0 Å². The minimum atomic E-state index is -0.445. The van der Waals surface area contributed by atoms with E-state index in [1.165, 1.54) is 0 Å². The van der Waals surface area contributed by atoms with Crippen LogP contribution in [-0.4, -0.2) is 60.3 Å². The van der Waals surface area contributed by atoms with Crippen LogP contribution in [0, 0.1) is 17.8 Å². The predicted molar refractivity (Wildman–Crippen MR) is 97.1 cm³/mol. The van der Waals surface area contributed by atoms with Crippen LogP contribution in [0.1, 0.15) is 36.0 Å². The molecule has 0 unspecified atom stereocenters. The van der Waals surface area contributed by atoms with Crippen LogP contribution in [0.25, 0.3) is 0 Å². The van der Waals surface area contributed by atoms with Gasteiger partial charge in [0.1, 0.15) is 11.4 Å². The highest BCUT2D eigenvalue weighted by Crippen LogP contribution is 2.66. The maximum Gasteiger partial charge on any atom is 0.226 e. The van der Waals surface area contributed by atoms with Crippen molar-refractivity contribution in [3.63, 3.8) is 0 Å². The molecule has 0 N–H and O–H groups in total. The van der Waals surface area contributed by atoms with Crippen LogP contribution in [0.3, 0.4) is 0 Å². The van der Waals surface area contributed by atoms with Gasteiger partial charge < -0.3 is 14.5 Å². The van der Waals surface area contributed by atoms with Crippen molar-refractivity contribution in [3.8, 4) is 5.75 Å². The lowest BCUT2D eigenvalue weighted by atomic mass is 9.84. The minimum Gasteiger partial charge on any atom is -0.486 e. The number of ketones is 1. The second-order valence-corrected chi connectivity index (χ2v) is 8.50. The largest absolute Gasteiger partial charge is 0.486 e. The molecule has 2 saturated carbocycles. The first-order valence-corrected chi connectivity index (χ1v) is 9.88. The number of nitrogens with zero attached hydrogens (tertiary/aromatic N) is 2. The molecule has 1 aromatic carbocycles. The Bertz CT molecular complexity index is 763. The molecule has 4 atom stereocenters. The summed E-state index contributed by atoms with van der Waals surface area (Å²) in [6, 6.07) is 7.54. The van der Waals surface area contributed by atoms with Crippen molar-refractivity contribution in [3.05, 3.63) is 29.8 Å². The van der Waals surface area contributed by atoms with Gasteiger partial charge >= 0.3 is 0 Å². The number of ether oxygens (including phenoxy) is 1. The highest BCUT2D eigenvalue weighted by Gasteiger charge is 2.71. The Balaban J connectivity index is 1.35. The van der Waals surface area contributed by atoms with Crippen LogP contribution >= 0.6 is 0 Å². The number of benzene rings is 1. The zero-order valence-electron chi connectivity index (χ0n) is 15.3. The van der Waals surface area contributed by atoms with Crippen LogP contribution in [0.15, 0.2) is 24.3 Å². The molecule has 0 aromatic heterocycles. The smallest absolute Gasteiger partial charge is 0.226 e. The third kappa shape index (κ3) is 2.40. The topological polar surface area (TPSA) is 49.9 Å². The molecule has 1 spiro atoms. The number of rotatable bonds is 1. The van der Waals surface area contributed by atoms with Gasteiger partial charge in [0.15, 0.2) is 5.78 Å². The van der Waals surface area contributed by atoms with Gasteiger partial charge in [0.05, 0.1) is 12.0 Å². The first-order valence-electron chi connectivity index (χ1n) is 9.88. The number of hydrogen-bond acceptors (Lipinski definition) is 4. The number of para-hydroxylation sites is 1. The number of carbonyl (C=O) groups is 2. The van der Waals surface area contributed by atoms with Gasteiger partial charge in [-0.1, -0.05) is 12.1 Å². The van der Waals surface area contributed by atoms with Crippen molar-refractivity contribution in [2.24, 2.45) is 17.8 Å². The maximum absolute atomic E-state index is 13.2. The lowest BCUT2D eigenvalue weighted by Gasteiger charge is -2.37. The first-order chi connectivity index (χ1) is 12.6. The summed E-state index contributed by atoms with van der Waals surface area (Å²) in [5.74, 6) is 1.85. The number of carbonyl (C=O) groups excluding carboxylic acids is 2. The van der Waals surface area contributed by atoms with E-state index in [-0.39, 0.29) is 17.6 Å². The van der Waals surface area contributed by atoms with Gasteiger partial charge in [0, 0.05) is 31.5 Å². The summed E-state index contributed by atoms with van der Waals surface area (Å²) in [5.41, 5.74) is 0.250. The second kappa shape index (κ2) is 5.81. The maximum atomic E-state index is 13.2. The summed E-state index contributed by atoms with van der Waals surface area (Å²) in [4.78, 5) is 30.2. The summed E-state index contributed by atoms with van der Waals surface area (Å²) in [7, 11) is 2.12. The molecule has 2 aliphatic carbocycles. The van der Waals surface area contributed by atoms with E-state index in [0.29, 0.717) is 29.6 Å². The van der Waals surface area contributed by atoms with E-state index in [4.69, 9.17) is 4.74 Å². The normalized spacial score (nSPS) is 36.3. The molecule has 2 heterocycles. The van der Waals surface area contributed by atoms with Gasteiger partial charge in [0.25, 0.3) is 0 Å². The van der Waals surface area contributed by atoms with Gasteiger partial charge in [-0.3, -0.25) is 9.59 Å². The summed E-state index contributed by atoms with van der Waals surface area (Å²) >= 11 is 0. The summed E-state index contributed by atoms with van der Waals surface area (Å²) in [6.07, 6.45) is 3.37. The van der Waals surface area contributed by atoms with Gasteiger partial charge in [-0.05, 0) is 50.9 Å². The average molecular weight is 354 g/mol. The molecule has 5 rings (SSSR count). The number of hydrogen-bond donors (Lipinski definition) is 0. The monoisotopic (exact) mass is 354 g/mol. The Morgan fingerprint density at radius 3 is 2.92 bits per heavy atom. The standard InChI is InChI=1S/C21H26N2O3/c1-22-9-4-10-23(12-11-22)20(25)18-15-7-8-21(19(15)18)13-16(24)14-5-2-3-6-17(14)26-21/h2-3,5-6,15,18-19H,4,7-13H2,1H3/t15-,18+,19+,21+/m0/s1. The fourth-order valence-corrected chi connectivity index (χ4v) is 5.58. The van der Waals surface area contributed by atoms with E-state index in [1.54, 1.807) is 0 Å². The third-order valence-corrected chi connectivity index (χ3v) is 6.95. The van der Waals surface area contributed by atoms with E-state index < -0.39 is 5.60 Å². The van der Waals surface area contributed by atoms with Gasteiger partial charge in [-0.2, -0.15) is 0 Å². The van der Waals surface area contributed by atoms with Crippen LogP contribution in [0.2, 0.25) is 0 Å². The van der Waals surface area contributed by atoms with Crippen molar-refractivity contribution < 1.29 is 14.3 Å². The Morgan fingerprint density at radius 1 is 1.19 bits per heavy atom. The molecule has 5 nitrogen and oxygen atoms in total. The van der Waals surface area contributed by atoms with E-state index in [0.717, 1.165) is 45.4 Å². The number of fused-ring (bicyclic) bond motifs is 3. The molecule has 3 fully saturated rings. The lowest BCUT2D eigenvalue weighted by molar-refractivity contribution is -0.134. The Labute approximate surface area is 154 Å². The second-order valence-electron chi connectivity index (χ2n) is 8.50. The number of amides is 1. The highest BCUT2D eigenvalue weighted by molar-refractivity contribution is 6.00. The van der Waals surface area contributed by atoms with Crippen molar-refractivity contribution >= 4 is 11.7 Å². The molecule has 26 heavy (non-hydrogen) atoms. The highest BCUT2D eigenvalue weighted by atomic mass is 16.5. The molecule has 0 bridgehead atoms. The zero-order valence-corrected chi connectivity index (χ0v) is 15.3. The van der Waals surface area contributed by atoms with Gasteiger partial charge in [-0.25, -0.2) is 0 Å². The van der Waals surface area contributed by atoms with E-state index in [1.807, 2.05) is 24.3 Å². The number of Topliss-reactive ketones (excluding diaryl/α,β-unsaturated/α-hetero) is 1. The average Bonchev–Trinajstić information content (AvgIpc) is 3.33. The van der Waals surface area contributed by atoms with E-state index in [9.17, 15) is 9.59 Å². The molecule has 1 aromatic rings. The van der Waals surface area contributed by atoms with E-state index in [2.05, 4.69) is 16.8 Å². The van der Waals surface area contributed by atoms with Crippen LogP contribution in [0.4, 0.5) is 0 Å². The SMILES string of the molecule is CN1CCCN(C(=O)[C@@H]2[C@@H]3CC[C@@]4(CC(=O)c5ccccc5O4)[C@H]32)CC1. The van der Waals surface area contributed by atoms with Crippen molar-refractivity contribution in [1.29, 1.82) is 0 Å². The predicted octanol–water partition coefficient (Wildman–Crippen LogP) is 2.21. The molecule has 2 aliphatic heterocycles. The first kappa shape index (κ1) is 16.3. The minimum absolute atomic E-state index is 0.0604. The Morgan fingerprint density at radius 2 is 2.04 bits per heavy atom. The van der Waals surface area contributed by atoms with Gasteiger partial charge in [-0.15, -0.1) is 0 Å². The van der Waals surface area contributed by atoms with Crippen LogP contribution in [-0.2, 0) is 4.79 Å². The molecule has 5 heteroatoms. The molecular weight excluding hydrogens is 328 g/mol. The third-order valence-electron chi connectivity index (χ3n) is 6.95. The summed E-state index contributed by atoms with van der Waals surface area (Å²) in [5, 5.41) is 0. The van der Waals surface area contributed by atoms with Crippen LogP contribution in [0.5, 0.6) is 5.75 Å². The zero-order chi connectivity index (χ0) is 17.9. The summed E-state index contributed by atoms with van der Waals surface area (Å²) in [6.45, 7) is 3.68. The quantitative estimate of drug-likeness (QED) is 0.776.